The molecule has 2 unspecified atom stereocenters. The molecule has 10 heteroatoms. The van der Waals surface area contributed by atoms with Gasteiger partial charge in [0.15, 0.2) is 11.6 Å². The summed E-state index contributed by atoms with van der Waals surface area (Å²) in [4.78, 5) is 32.7. The summed E-state index contributed by atoms with van der Waals surface area (Å²) in [6.45, 7) is 5.58. The van der Waals surface area contributed by atoms with Gasteiger partial charge in [0.2, 0.25) is 0 Å². The number of amides is 3. The Morgan fingerprint density at radius 2 is 2.03 bits per heavy atom. The van der Waals surface area contributed by atoms with Gasteiger partial charge in [-0.15, -0.1) is 0 Å². The number of nitrogens with zero attached hydrogens (tertiary/aromatic N) is 3. The summed E-state index contributed by atoms with van der Waals surface area (Å²) in [5.41, 5.74) is 1.01. The van der Waals surface area contributed by atoms with Crippen LogP contribution in [0.3, 0.4) is 0 Å². The lowest BCUT2D eigenvalue weighted by Gasteiger charge is -2.48. The zero-order valence-corrected chi connectivity index (χ0v) is 21.3. The standard InChI is InChI=1S/C27H33FN4O5/c1-4-30(10-11-33)8-9-31-25(35)27(2)15-19-18-13-22(37-3)20(28)14-21(18)29-23(19)24(32(27)26(31)36)16-6-5-7-17(34)12-16/h5-7,12-14,19,23-24,29,33-34H,4,8-11,15H2,1-3H3/t19?,23?,24-,27+/m1/s1. The minimum absolute atomic E-state index is 0.00234. The van der Waals surface area contributed by atoms with Gasteiger partial charge in [-0.2, -0.15) is 0 Å². The molecule has 2 aromatic carbocycles. The Morgan fingerprint density at radius 3 is 2.70 bits per heavy atom. The van der Waals surface area contributed by atoms with Crippen molar-refractivity contribution in [1.82, 2.24) is 14.7 Å². The van der Waals surface area contributed by atoms with E-state index in [2.05, 4.69) is 5.32 Å². The predicted octanol–water partition coefficient (Wildman–Crippen LogP) is 2.90. The Hall–Kier alpha value is -3.37. The van der Waals surface area contributed by atoms with Crippen LogP contribution in [0.4, 0.5) is 14.9 Å². The zero-order chi connectivity index (χ0) is 26.5. The molecular weight excluding hydrogens is 479 g/mol. The number of carbonyl (C=O) groups excluding carboxylic acids is 2. The lowest BCUT2D eigenvalue weighted by molar-refractivity contribution is -0.135. The highest BCUT2D eigenvalue weighted by molar-refractivity contribution is 6.07. The van der Waals surface area contributed by atoms with Crippen LogP contribution in [-0.4, -0.2) is 88.3 Å². The molecule has 3 aliphatic heterocycles. The number of hydrogen-bond acceptors (Lipinski definition) is 7. The molecule has 3 amide bonds. The van der Waals surface area contributed by atoms with Crippen LogP contribution < -0.4 is 10.1 Å². The van der Waals surface area contributed by atoms with Gasteiger partial charge >= 0.3 is 6.03 Å². The maximum Gasteiger partial charge on any atom is 0.328 e. The number of carbonyl (C=O) groups is 2. The fraction of sp³-hybridized carbons (Fsp3) is 0.481. The summed E-state index contributed by atoms with van der Waals surface area (Å²) < 4.78 is 19.8. The maximum atomic E-state index is 14.6. The first kappa shape index (κ1) is 25.3. The number of nitrogens with one attached hydrogen (secondary N) is 1. The van der Waals surface area contributed by atoms with E-state index in [9.17, 15) is 24.2 Å². The van der Waals surface area contributed by atoms with E-state index in [1.54, 1.807) is 36.1 Å². The van der Waals surface area contributed by atoms with Crippen molar-refractivity contribution >= 4 is 17.6 Å². The van der Waals surface area contributed by atoms with E-state index in [-0.39, 0.29) is 48.5 Å². The highest BCUT2D eigenvalue weighted by Crippen LogP contribution is 2.56. The van der Waals surface area contributed by atoms with Gasteiger partial charge in [-0.25, -0.2) is 9.18 Å². The van der Waals surface area contributed by atoms with Crippen molar-refractivity contribution < 1.29 is 28.9 Å². The number of aliphatic hydroxyl groups is 1. The monoisotopic (exact) mass is 512 g/mol. The van der Waals surface area contributed by atoms with Gasteiger partial charge in [0, 0.05) is 37.3 Å². The van der Waals surface area contributed by atoms with Gasteiger partial charge in [-0.1, -0.05) is 19.1 Å². The summed E-state index contributed by atoms with van der Waals surface area (Å²) in [5, 5.41) is 23.0. The number of anilines is 1. The molecule has 3 N–H and O–H groups in total. The second-order valence-corrected chi connectivity index (χ2v) is 10.1. The lowest BCUT2D eigenvalue weighted by Crippen LogP contribution is -2.58. The van der Waals surface area contributed by atoms with Crippen LogP contribution in [0.2, 0.25) is 0 Å². The Kier molecular flexibility index (Phi) is 6.49. The third-order valence-electron chi connectivity index (χ3n) is 8.10. The second-order valence-electron chi connectivity index (χ2n) is 10.1. The van der Waals surface area contributed by atoms with Crippen molar-refractivity contribution in [2.75, 3.05) is 45.2 Å². The maximum absolute atomic E-state index is 14.6. The first-order valence-electron chi connectivity index (χ1n) is 12.6. The van der Waals surface area contributed by atoms with Gasteiger partial charge in [0.25, 0.3) is 5.91 Å². The van der Waals surface area contributed by atoms with Crippen LogP contribution in [0, 0.1) is 5.82 Å². The van der Waals surface area contributed by atoms with Gasteiger partial charge in [0.1, 0.15) is 11.3 Å². The molecule has 2 fully saturated rings. The van der Waals surface area contributed by atoms with Crippen LogP contribution in [0.1, 0.15) is 43.4 Å². The van der Waals surface area contributed by atoms with Crippen LogP contribution in [-0.2, 0) is 4.79 Å². The van der Waals surface area contributed by atoms with Crippen molar-refractivity contribution in [2.24, 2.45) is 0 Å². The van der Waals surface area contributed by atoms with Crippen LogP contribution in [0.5, 0.6) is 11.5 Å². The summed E-state index contributed by atoms with van der Waals surface area (Å²) in [5.74, 6) is -0.779. The third kappa shape index (κ3) is 3.99. The number of fused-ring (bicyclic) bond motifs is 4. The van der Waals surface area contributed by atoms with E-state index in [1.165, 1.54) is 18.1 Å². The topological polar surface area (TPSA) is 106 Å². The van der Waals surface area contributed by atoms with E-state index in [0.29, 0.717) is 37.3 Å². The molecule has 0 aliphatic carbocycles. The van der Waals surface area contributed by atoms with Crippen molar-refractivity contribution in [3.05, 3.63) is 53.3 Å². The predicted molar refractivity (Wildman–Crippen MR) is 135 cm³/mol. The van der Waals surface area contributed by atoms with Gasteiger partial charge in [-0.05, 0) is 49.2 Å². The largest absolute Gasteiger partial charge is 0.508 e. The number of piperidine rings is 1. The molecule has 0 radical (unpaired) electrons. The Bertz CT molecular complexity index is 1230. The SMILES string of the molecule is CCN(CCO)CCN1C(=O)N2[C@H](c3cccc(O)c3)C3Nc4cc(F)c(OC)cc4C3C[C@@]2(C)C1=O. The highest BCUT2D eigenvalue weighted by Gasteiger charge is 2.64. The molecule has 0 bridgehead atoms. The smallest absolute Gasteiger partial charge is 0.328 e. The molecule has 0 spiro atoms. The molecule has 0 saturated carbocycles. The number of aliphatic hydroxyl groups excluding tert-OH is 1. The number of ether oxygens (including phenoxy) is 1. The van der Waals surface area contributed by atoms with Crippen LogP contribution in [0.15, 0.2) is 36.4 Å². The number of rotatable bonds is 8. The van der Waals surface area contributed by atoms with E-state index in [4.69, 9.17) is 4.74 Å². The molecule has 9 nitrogen and oxygen atoms in total. The minimum atomic E-state index is -1.13. The molecule has 3 heterocycles. The molecule has 2 aromatic rings. The van der Waals surface area contributed by atoms with Crippen molar-refractivity contribution in [3.63, 3.8) is 0 Å². The highest BCUT2D eigenvalue weighted by atomic mass is 19.1. The number of phenolic OH excluding ortho intramolecular Hbond substituents is 1. The summed E-state index contributed by atoms with van der Waals surface area (Å²) in [7, 11) is 1.41. The molecule has 3 aliphatic rings. The molecule has 2 saturated heterocycles. The number of imide groups is 1. The average Bonchev–Trinajstić information content (AvgIpc) is 3.30. The quantitative estimate of drug-likeness (QED) is 0.467. The number of aromatic hydroxyl groups is 1. The zero-order valence-electron chi connectivity index (χ0n) is 21.3. The molecule has 198 valence electrons. The minimum Gasteiger partial charge on any atom is -0.508 e. The first-order chi connectivity index (χ1) is 17.7. The Labute approximate surface area is 215 Å². The molecule has 4 atom stereocenters. The van der Waals surface area contributed by atoms with Crippen LogP contribution in [0.25, 0.3) is 0 Å². The average molecular weight is 513 g/mol. The number of halogens is 1. The fourth-order valence-corrected chi connectivity index (χ4v) is 6.26. The number of benzene rings is 2. The fourth-order valence-electron chi connectivity index (χ4n) is 6.26. The number of methoxy groups -OCH3 is 1. The van der Waals surface area contributed by atoms with E-state index >= 15 is 0 Å². The van der Waals surface area contributed by atoms with Gasteiger partial charge in [0.05, 0.1) is 25.8 Å². The lowest BCUT2D eigenvalue weighted by atomic mass is 9.72. The molecular formula is C27H33FN4O5. The number of likely N-dealkylation sites (N-methyl/N-ethyl adjacent to an activating group) is 1. The number of hydrogen-bond donors (Lipinski definition) is 3. The van der Waals surface area contributed by atoms with Crippen molar-refractivity contribution in [2.45, 2.75) is 43.8 Å². The summed E-state index contributed by atoms with van der Waals surface area (Å²) >= 11 is 0. The van der Waals surface area contributed by atoms with Crippen molar-refractivity contribution in [3.8, 4) is 11.5 Å². The van der Waals surface area contributed by atoms with E-state index < -0.39 is 17.4 Å². The Balaban J connectivity index is 1.57. The second kappa shape index (κ2) is 9.50. The van der Waals surface area contributed by atoms with Crippen molar-refractivity contribution in [1.29, 1.82) is 0 Å². The molecule has 37 heavy (non-hydrogen) atoms. The third-order valence-corrected chi connectivity index (χ3v) is 8.10. The first-order valence-corrected chi connectivity index (χ1v) is 12.6. The van der Waals surface area contributed by atoms with Gasteiger partial charge < -0.3 is 25.2 Å². The summed E-state index contributed by atoms with van der Waals surface area (Å²) in [6, 6.07) is 8.48. The molecule has 0 aromatic heterocycles. The van der Waals surface area contributed by atoms with Gasteiger partial charge in [-0.3, -0.25) is 14.6 Å². The summed E-state index contributed by atoms with van der Waals surface area (Å²) in [6.07, 6.45) is 0.358. The number of phenols is 1. The van der Waals surface area contributed by atoms with E-state index in [1.807, 2.05) is 17.9 Å². The number of urea groups is 1. The van der Waals surface area contributed by atoms with Crippen LogP contribution >= 0.6 is 0 Å². The van der Waals surface area contributed by atoms with E-state index in [0.717, 1.165) is 5.56 Å². The molecule has 5 rings (SSSR count). The Morgan fingerprint density at radius 1 is 1.24 bits per heavy atom. The normalized spacial score (nSPS) is 26.3.